The molecular weight excluding hydrogens is 512 g/mol. The number of nitrogens with one attached hydrogen (secondary N) is 1. The number of ether oxygens (including phenoxy) is 1. The molecule has 4 heterocycles. The number of likely N-dealkylation sites (tertiary alicyclic amines) is 1. The number of hydrogen-bond acceptors (Lipinski definition) is 6. The van der Waals surface area contributed by atoms with Gasteiger partial charge in [0.1, 0.15) is 17.3 Å². The molecule has 2 fully saturated rings. The molecule has 0 bridgehead atoms. The number of fused-ring (bicyclic) bond motifs is 1. The van der Waals surface area contributed by atoms with E-state index < -0.39 is 17.6 Å². The molecule has 2 aromatic carbocycles. The number of rotatable bonds is 7. The summed E-state index contributed by atoms with van der Waals surface area (Å²) in [6.45, 7) is 3.19. The second-order valence-corrected chi connectivity index (χ2v) is 10.1. The molecule has 7 nitrogen and oxygen atoms in total. The van der Waals surface area contributed by atoms with Crippen LogP contribution in [0.15, 0.2) is 54.9 Å². The van der Waals surface area contributed by atoms with Crippen LogP contribution in [0.2, 0.25) is 0 Å². The van der Waals surface area contributed by atoms with Crippen LogP contribution in [0.4, 0.5) is 29.2 Å². The Morgan fingerprint density at radius 3 is 2.36 bits per heavy atom. The van der Waals surface area contributed by atoms with Gasteiger partial charge in [-0.1, -0.05) is 12.1 Å². The molecule has 0 spiro atoms. The van der Waals surface area contributed by atoms with Crippen LogP contribution < -0.4 is 5.32 Å². The van der Waals surface area contributed by atoms with Gasteiger partial charge < -0.3 is 14.6 Å². The van der Waals surface area contributed by atoms with Gasteiger partial charge >= 0.3 is 0 Å². The zero-order valence-electron chi connectivity index (χ0n) is 21.2. The molecule has 0 radical (unpaired) electrons. The minimum atomic E-state index is -2.61. The highest BCUT2D eigenvalue weighted by molar-refractivity contribution is 5.78. The van der Waals surface area contributed by atoms with E-state index in [4.69, 9.17) is 4.74 Å². The van der Waals surface area contributed by atoms with Crippen molar-refractivity contribution in [3.8, 4) is 5.69 Å². The van der Waals surface area contributed by atoms with Gasteiger partial charge in [-0.3, -0.25) is 9.80 Å². The Morgan fingerprint density at radius 2 is 1.67 bits per heavy atom. The number of alkyl halides is 2. The molecule has 0 amide bonds. The predicted molar refractivity (Wildman–Crippen MR) is 139 cm³/mol. The first-order chi connectivity index (χ1) is 18.8. The minimum absolute atomic E-state index is 0.0379. The van der Waals surface area contributed by atoms with Crippen LogP contribution in [-0.4, -0.2) is 69.7 Å². The average molecular weight is 541 g/mol. The second-order valence-electron chi connectivity index (χ2n) is 10.1. The summed E-state index contributed by atoms with van der Waals surface area (Å²) >= 11 is 0. The molecule has 0 atom stereocenters. The summed E-state index contributed by atoms with van der Waals surface area (Å²) in [7, 11) is 0. The van der Waals surface area contributed by atoms with Crippen molar-refractivity contribution in [2.75, 3.05) is 44.7 Å². The number of anilines is 2. The van der Waals surface area contributed by atoms with Gasteiger partial charge in [0.15, 0.2) is 0 Å². The minimum Gasteiger partial charge on any atom is -0.379 e. The van der Waals surface area contributed by atoms with Crippen LogP contribution >= 0.6 is 0 Å². The predicted octanol–water partition coefficient (Wildman–Crippen LogP) is 5.12. The fraction of sp³-hybridized carbons (Fsp3) is 0.357. The number of halogens is 4. The highest BCUT2D eigenvalue weighted by atomic mass is 19.3. The molecule has 0 unspecified atom stereocenters. The van der Waals surface area contributed by atoms with Crippen molar-refractivity contribution in [1.82, 2.24) is 24.3 Å². The third-order valence-corrected chi connectivity index (χ3v) is 7.18. The van der Waals surface area contributed by atoms with E-state index in [-0.39, 0.29) is 25.1 Å². The lowest BCUT2D eigenvalue weighted by atomic mass is 10.1. The number of morpholine rings is 1. The van der Waals surface area contributed by atoms with Crippen molar-refractivity contribution >= 4 is 22.7 Å². The first kappa shape index (κ1) is 25.7. The average Bonchev–Trinajstić information content (AvgIpc) is 3.50. The number of aromatic nitrogens is 3. The fourth-order valence-electron chi connectivity index (χ4n) is 5.07. The van der Waals surface area contributed by atoms with E-state index in [9.17, 15) is 8.78 Å². The monoisotopic (exact) mass is 540 g/mol. The fourth-order valence-corrected chi connectivity index (χ4v) is 5.07. The van der Waals surface area contributed by atoms with Gasteiger partial charge in [0.2, 0.25) is 5.95 Å². The van der Waals surface area contributed by atoms with Crippen LogP contribution in [0, 0.1) is 11.6 Å². The van der Waals surface area contributed by atoms with Crippen molar-refractivity contribution in [3.63, 3.8) is 0 Å². The molecular formula is C28H28F4N6O. The molecule has 1 N–H and O–H groups in total. The molecule has 2 aliphatic heterocycles. The van der Waals surface area contributed by atoms with E-state index in [2.05, 4.69) is 15.3 Å². The van der Waals surface area contributed by atoms with Crippen molar-refractivity contribution in [2.24, 2.45) is 0 Å². The summed E-state index contributed by atoms with van der Waals surface area (Å²) in [5.41, 5.74) is 2.53. The van der Waals surface area contributed by atoms with Gasteiger partial charge in [-0.05, 0) is 35.9 Å². The van der Waals surface area contributed by atoms with Gasteiger partial charge in [-0.25, -0.2) is 22.5 Å². The third kappa shape index (κ3) is 5.75. The summed E-state index contributed by atoms with van der Waals surface area (Å²) in [6, 6.07) is 11.9. The number of benzene rings is 2. The van der Waals surface area contributed by atoms with E-state index in [1.54, 1.807) is 27.9 Å². The van der Waals surface area contributed by atoms with E-state index in [0.29, 0.717) is 56.7 Å². The maximum absolute atomic E-state index is 15.0. The van der Waals surface area contributed by atoms with Crippen LogP contribution in [0.1, 0.15) is 17.5 Å². The summed E-state index contributed by atoms with van der Waals surface area (Å²) in [5, 5.41) is 3.86. The normalized spacial score (nSPS) is 18.2. The molecule has 6 rings (SSSR count). The third-order valence-electron chi connectivity index (χ3n) is 7.18. The van der Waals surface area contributed by atoms with Crippen LogP contribution in [0.3, 0.4) is 0 Å². The Kier molecular flexibility index (Phi) is 6.96. The number of hydrogen-bond donors (Lipinski definition) is 1. The lowest BCUT2D eigenvalue weighted by Gasteiger charge is -2.27. The first-order valence-corrected chi connectivity index (χ1v) is 12.9. The van der Waals surface area contributed by atoms with Gasteiger partial charge in [-0.15, -0.1) is 0 Å². The van der Waals surface area contributed by atoms with E-state index in [1.807, 2.05) is 29.2 Å². The van der Waals surface area contributed by atoms with Crippen molar-refractivity contribution in [2.45, 2.75) is 25.4 Å². The maximum Gasteiger partial charge on any atom is 0.261 e. The Balaban J connectivity index is 1.18. The van der Waals surface area contributed by atoms with Crippen LogP contribution in [-0.2, 0) is 17.8 Å². The molecule has 0 aliphatic carbocycles. The summed E-state index contributed by atoms with van der Waals surface area (Å²) < 4.78 is 63.9. The van der Waals surface area contributed by atoms with Crippen molar-refractivity contribution < 1.29 is 22.3 Å². The second kappa shape index (κ2) is 10.6. The van der Waals surface area contributed by atoms with Gasteiger partial charge in [0, 0.05) is 68.2 Å². The molecule has 2 saturated heterocycles. The SMILES string of the molecule is Fc1cc(-n2ccc3cnc(Nc4ccc(CN5CCC(F)(F)C5)cc4)nc32)cc(F)c1CN1CCOCC1. The van der Waals surface area contributed by atoms with Gasteiger partial charge in [0.25, 0.3) is 5.92 Å². The Bertz CT molecular complexity index is 1450. The summed E-state index contributed by atoms with van der Waals surface area (Å²) in [5.74, 6) is -3.51. The quantitative estimate of drug-likeness (QED) is 0.329. The van der Waals surface area contributed by atoms with E-state index >= 15 is 8.78 Å². The van der Waals surface area contributed by atoms with Gasteiger partial charge in [-0.2, -0.15) is 4.98 Å². The molecule has 2 aliphatic rings. The Morgan fingerprint density at radius 1 is 0.923 bits per heavy atom. The molecule has 2 aromatic heterocycles. The molecule has 39 heavy (non-hydrogen) atoms. The van der Waals surface area contributed by atoms with Crippen molar-refractivity contribution in [3.05, 3.63) is 77.6 Å². The van der Waals surface area contributed by atoms with Crippen molar-refractivity contribution in [1.29, 1.82) is 0 Å². The molecule has 204 valence electrons. The lowest BCUT2D eigenvalue weighted by molar-refractivity contribution is 0.0115. The van der Waals surface area contributed by atoms with Crippen LogP contribution in [0.25, 0.3) is 16.7 Å². The lowest BCUT2D eigenvalue weighted by Crippen LogP contribution is -2.36. The number of nitrogens with zero attached hydrogens (tertiary/aromatic N) is 5. The Labute approximate surface area is 223 Å². The van der Waals surface area contributed by atoms with Gasteiger partial charge in [0.05, 0.1) is 25.4 Å². The highest BCUT2D eigenvalue weighted by Crippen LogP contribution is 2.28. The zero-order chi connectivity index (χ0) is 27.0. The van der Waals surface area contributed by atoms with Crippen LogP contribution in [0.5, 0.6) is 0 Å². The summed E-state index contributed by atoms with van der Waals surface area (Å²) in [4.78, 5) is 12.7. The maximum atomic E-state index is 15.0. The largest absolute Gasteiger partial charge is 0.379 e. The van der Waals surface area contributed by atoms with E-state index in [0.717, 1.165) is 16.6 Å². The molecule has 0 saturated carbocycles. The zero-order valence-corrected chi connectivity index (χ0v) is 21.2. The smallest absolute Gasteiger partial charge is 0.261 e. The topological polar surface area (TPSA) is 58.5 Å². The first-order valence-electron chi connectivity index (χ1n) is 12.9. The highest BCUT2D eigenvalue weighted by Gasteiger charge is 2.37. The Hall–Kier alpha value is -3.54. The summed E-state index contributed by atoms with van der Waals surface area (Å²) in [6.07, 6.45) is 3.24. The van der Waals surface area contributed by atoms with E-state index in [1.165, 1.54) is 12.1 Å². The standard InChI is InChI=1S/C28H28F4N6O/c29-24-13-22(14-25(30)23(24)17-36-9-11-39-12-10-36)38-7-5-20-15-33-27(35-26(20)38)34-21-3-1-19(2-4-21)16-37-8-6-28(31,32)18-37/h1-5,7,13-15H,6,8-12,16-18H2,(H,33,34,35). The molecule has 4 aromatic rings. The molecule has 11 heteroatoms.